The van der Waals surface area contributed by atoms with Gasteiger partial charge in [0.25, 0.3) is 0 Å². The molecule has 0 fully saturated rings. The molecule has 0 saturated heterocycles. The van der Waals surface area contributed by atoms with E-state index in [1.165, 1.54) is 0 Å². The second-order valence-corrected chi connectivity index (χ2v) is 3.86. The van der Waals surface area contributed by atoms with Gasteiger partial charge in [-0.2, -0.15) is 5.26 Å². The molecule has 0 radical (unpaired) electrons. The molecule has 0 aliphatic heterocycles. The van der Waals surface area contributed by atoms with Crippen LogP contribution < -0.4 is 11.1 Å². The smallest absolute Gasteiger partial charge is 0.243 e. The molecule has 0 atom stereocenters. The molecular weight excluding hydrogens is 190 g/mol. The fourth-order valence-corrected chi connectivity index (χ4v) is 0.920. The number of nitrogens with zero attached hydrogens (tertiary/aromatic N) is 1. The number of nitrogens with two attached hydrogens (primary N) is 1. The van der Waals surface area contributed by atoms with Gasteiger partial charge < -0.3 is 11.1 Å². The van der Waals surface area contributed by atoms with Crippen LogP contribution in [0.5, 0.6) is 0 Å². The number of benzene rings is 1. The van der Waals surface area contributed by atoms with Crippen molar-refractivity contribution in [2.24, 2.45) is 5.73 Å². The number of carbonyl (C=O) groups is 1. The van der Waals surface area contributed by atoms with Crippen molar-refractivity contribution >= 4 is 11.6 Å². The first-order chi connectivity index (χ1) is 6.93. The lowest BCUT2D eigenvalue weighted by molar-refractivity contribution is -0.120. The van der Waals surface area contributed by atoms with Crippen LogP contribution in [-0.4, -0.2) is 11.4 Å². The summed E-state index contributed by atoms with van der Waals surface area (Å²) >= 11 is 0. The quantitative estimate of drug-likeness (QED) is 0.758. The number of hydrogen-bond acceptors (Lipinski definition) is 3. The minimum absolute atomic E-state index is 0.257. The summed E-state index contributed by atoms with van der Waals surface area (Å²) in [5, 5.41) is 11.2. The van der Waals surface area contributed by atoms with Crippen molar-refractivity contribution in [3.8, 4) is 6.07 Å². The molecule has 1 aromatic rings. The third-order valence-electron chi connectivity index (χ3n) is 1.86. The molecule has 0 aliphatic rings. The van der Waals surface area contributed by atoms with Gasteiger partial charge in [-0.25, -0.2) is 0 Å². The van der Waals surface area contributed by atoms with Gasteiger partial charge in [-0.05, 0) is 38.1 Å². The minimum Gasteiger partial charge on any atom is -0.325 e. The predicted molar refractivity (Wildman–Crippen MR) is 58.1 cm³/mol. The molecule has 0 spiro atoms. The van der Waals surface area contributed by atoms with Crippen LogP contribution >= 0.6 is 0 Å². The highest BCUT2D eigenvalue weighted by molar-refractivity contribution is 5.97. The monoisotopic (exact) mass is 203 g/mol. The molecule has 78 valence electrons. The molecule has 0 aliphatic carbocycles. The summed E-state index contributed by atoms with van der Waals surface area (Å²) in [6.45, 7) is 3.26. The molecule has 1 aromatic carbocycles. The first kappa shape index (κ1) is 11.2. The van der Waals surface area contributed by atoms with Crippen molar-refractivity contribution in [2.75, 3.05) is 5.32 Å². The van der Waals surface area contributed by atoms with E-state index in [4.69, 9.17) is 11.0 Å². The summed E-state index contributed by atoms with van der Waals surface area (Å²) in [5.74, 6) is -0.257. The molecular formula is C11H13N3O. The van der Waals surface area contributed by atoms with Gasteiger partial charge in [-0.15, -0.1) is 0 Å². The molecule has 0 bridgehead atoms. The standard InChI is InChI=1S/C11H13N3O/c1-11(2,13)10(15)14-9-5-3-8(7-12)4-6-9/h3-6H,13H2,1-2H3,(H,14,15). The lowest BCUT2D eigenvalue weighted by Gasteiger charge is -2.17. The third-order valence-corrected chi connectivity index (χ3v) is 1.86. The molecule has 15 heavy (non-hydrogen) atoms. The lowest BCUT2D eigenvalue weighted by Crippen LogP contribution is -2.45. The van der Waals surface area contributed by atoms with Crippen molar-refractivity contribution in [2.45, 2.75) is 19.4 Å². The summed E-state index contributed by atoms with van der Waals surface area (Å²) in [5.41, 5.74) is 5.90. The Labute approximate surface area is 88.7 Å². The van der Waals surface area contributed by atoms with Crippen molar-refractivity contribution < 1.29 is 4.79 Å². The Kier molecular flexibility index (Phi) is 3.08. The highest BCUT2D eigenvalue weighted by Crippen LogP contribution is 2.10. The van der Waals surface area contributed by atoms with Crippen LogP contribution in [0.15, 0.2) is 24.3 Å². The molecule has 4 nitrogen and oxygen atoms in total. The predicted octanol–water partition coefficient (Wildman–Crippen LogP) is 1.23. The van der Waals surface area contributed by atoms with Crippen LogP contribution in [-0.2, 0) is 4.79 Å². The lowest BCUT2D eigenvalue weighted by atomic mass is 10.1. The van der Waals surface area contributed by atoms with Crippen LogP contribution in [0, 0.1) is 11.3 Å². The van der Waals surface area contributed by atoms with E-state index in [0.29, 0.717) is 11.3 Å². The second-order valence-electron chi connectivity index (χ2n) is 3.86. The molecule has 1 rings (SSSR count). The van der Waals surface area contributed by atoms with E-state index in [0.717, 1.165) is 0 Å². The molecule has 0 unspecified atom stereocenters. The van der Waals surface area contributed by atoms with Gasteiger partial charge in [-0.1, -0.05) is 0 Å². The second kappa shape index (κ2) is 4.11. The maximum Gasteiger partial charge on any atom is 0.243 e. The highest BCUT2D eigenvalue weighted by atomic mass is 16.2. The summed E-state index contributed by atoms with van der Waals surface area (Å²) in [6.07, 6.45) is 0. The zero-order chi connectivity index (χ0) is 11.5. The maximum atomic E-state index is 11.5. The first-order valence-corrected chi connectivity index (χ1v) is 4.54. The van der Waals surface area contributed by atoms with Crippen LogP contribution in [0.25, 0.3) is 0 Å². The Morgan fingerprint density at radius 3 is 2.33 bits per heavy atom. The number of anilines is 1. The van der Waals surface area contributed by atoms with Gasteiger partial charge in [0.05, 0.1) is 17.2 Å². The summed E-state index contributed by atoms with van der Waals surface area (Å²) in [4.78, 5) is 11.5. The zero-order valence-electron chi connectivity index (χ0n) is 8.74. The molecule has 0 aromatic heterocycles. The van der Waals surface area contributed by atoms with Gasteiger partial charge in [-0.3, -0.25) is 4.79 Å². The summed E-state index contributed by atoms with van der Waals surface area (Å²) in [7, 11) is 0. The van der Waals surface area contributed by atoms with E-state index in [-0.39, 0.29) is 5.91 Å². The van der Waals surface area contributed by atoms with Gasteiger partial charge in [0.2, 0.25) is 5.91 Å². The van der Waals surface area contributed by atoms with Crippen molar-refractivity contribution in [3.05, 3.63) is 29.8 Å². The van der Waals surface area contributed by atoms with Crippen molar-refractivity contribution in [3.63, 3.8) is 0 Å². The SMILES string of the molecule is CC(C)(N)C(=O)Nc1ccc(C#N)cc1. The summed E-state index contributed by atoms with van der Waals surface area (Å²) in [6, 6.07) is 8.61. The number of nitrogens with one attached hydrogen (secondary N) is 1. The van der Waals surface area contributed by atoms with Gasteiger partial charge in [0, 0.05) is 5.69 Å². The molecule has 0 heterocycles. The zero-order valence-corrected chi connectivity index (χ0v) is 8.74. The normalized spacial score (nSPS) is 10.5. The van der Waals surface area contributed by atoms with Gasteiger partial charge in [0.1, 0.15) is 0 Å². The Balaban J connectivity index is 2.75. The fourth-order valence-electron chi connectivity index (χ4n) is 0.920. The molecule has 4 heteroatoms. The number of hydrogen-bond donors (Lipinski definition) is 2. The molecule has 0 saturated carbocycles. The van der Waals surface area contributed by atoms with E-state index >= 15 is 0 Å². The molecule has 3 N–H and O–H groups in total. The van der Waals surface area contributed by atoms with Crippen LogP contribution in [0.2, 0.25) is 0 Å². The average molecular weight is 203 g/mol. The Morgan fingerprint density at radius 2 is 1.93 bits per heavy atom. The van der Waals surface area contributed by atoms with E-state index < -0.39 is 5.54 Å². The van der Waals surface area contributed by atoms with Crippen LogP contribution in [0.1, 0.15) is 19.4 Å². The Bertz CT molecular complexity index is 395. The van der Waals surface area contributed by atoms with E-state index in [9.17, 15) is 4.79 Å². The largest absolute Gasteiger partial charge is 0.325 e. The van der Waals surface area contributed by atoms with Gasteiger partial charge >= 0.3 is 0 Å². The van der Waals surface area contributed by atoms with E-state index in [1.807, 2.05) is 6.07 Å². The topological polar surface area (TPSA) is 78.9 Å². The van der Waals surface area contributed by atoms with Crippen molar-refractivity contribution in [1.82, 2.24) is 0 Å². The highest BCUT2D eigenvalue weighted by Gasteiger charge is 2.21. The Morgan fingerprint density at radius 1 is 1.40 bits per heavy atom. The minimum atomic E-state index is -0.909. The van der Waals surface area contributed by atoms with Gasteiger partial charge in [0.15, 0.2) is 0 Å². The summed E-state index contributed by atoms with van der Waals surface area (Å²) < 4.78 is 0. The average Bonchev–Trinajstić information content (AvgIpc) is 2.17. The van der Waals surface area contributed by atoms with E-state index in [2.05, 4.69) is 5.32 Å². The number of amides is 1. The Hall–Kier alpha value is -1.86. The number of nitriles is 1. The maximum absolute atomic E-state index is 11.5. The van der Waals surface area contributed by atoms with Crippen LogP contribution in [0.4, 0.5) is 5.69 Å². The van der Waals surface area contributed by atoms with Crippen LogP contribution in [0.3, 0.4) is 0 Å². The number of carbonyl (C=O) groups excluding carboxylic acids is 1. The van der Waals surface area contributed by atoms with Crippen molar-refractivity contribution in [1.29, 1.82) is 5.26 Å². The first-order valence-electron chi connectivity index (χ1n) is 4.54. The number of rotatable bonds is 2. The third kappa shape index (κ3) is 3.08. The fraction of sp³-hybridized carbons (Fsp3) is 0.273. The van der Waals surface area contributed by atoms with E-state index in [1.54, 1.807) is 38.1 Å². The molecule has 1 amide bonds.